The van der Waals surface area contributed by atoms with E-state index >= 15 is 0 Å². The molecule has 2 rings (SSSR count). The van der Waals surface area contributed by atoms with Gasteiger partial charge in [-0.2, -0.15) is 0 Å². The van der Waals surface area contributed by atoms with Gasteiger partial charge >= 0.3 is 6.36 Å². The van der Waals surface area contributed by atoms with Crippen LogP contribution in [0.4, 0.5) is 18.9 Å². The highest BCUT2D eigenvalue weighted by Crippen LogP contribution is 2.31. The molecule has 1 N–H and O–H groups in total. The van der Waals surface area contributed by atoms with E-state index in [2.05, 4.69) is 41.9 Å². The molecular formula is C14H10Br2F3NO. The molecule has 0 amide bonds. The molecule has 0 aliphatic carbocycles. The van der Waals surface area contributed by atoms with Crippen LogP contribution in [0.2, 0.25) is 0 Å². The summed E-state index contributed by atoms with van der Waals surface area (Å²) in [5.74, 6) is -0.256. The van der Waals surface area contributed by atoms with Gasteiger partial charge in [0.15, 0.2) is 0 Å². The summed E-state index contributed by atoms with van der Waals surface area (Å²) < 4.78 is 41.6. The highest BCUT2D eigenvalue weighted by molar-refractivity contribution is 9.10. The molecule has 0 atom stereocenters. The number of alkyl halides is 3. The van der Waals surface area contributed by atoms with Crippen molar-refractivity contribution in [2.24, 2.45) is 0 Å². The summed E-state index contributed by atoms with van der Waals surface area (Å²) in [7, 11) is 0. The summed E-state index contributed by atoms with van der Waals surface area (Å²) in [4.78, 5) is 0. The molecule has 0 aromatic heterocycles. The molecule has 0 heterocycles. The van der Waals surface area contributed by atoms with E-state index in [-0.39, 0.29) is 10.2 Å². The van der Waals surface area contributed by atoms with E-state index in [1.54, 1.807) is 12.1 Å². The standard InChI is InChI=1S/C14H10Br2F3NO/c15-10-2-1-3-11(7-10)20-8-9-4-5-13(12(16)6-9)21-14(17,18)19/h1-7,20H,8H2. The van der Waals surface area contributed by atoms with Gasteiger partial charge in [-0.05, 0) is 51.8 Å². The van der Waals surface area contributed by atoms with Crippen molar-refractivity contribution in [1.82, 2.24) is 0 Å². The van der Waals surface area contributed by atoms with Crippen LogP contribution in [0.1, 0.15) is 5.56 Å². The minimum absolute atomic E-state index is 0.256. The maximum Gasteiger partial charge on any atom is 0.573 e. The van der Waals surface area contributed by atoms with Gasteiger partial charge in [0.1, 0.15) is 5.75 Å². The van der Waals surface area contributed by atoms with Gasteiger partial charge in [0.25, 0.3) is 0 Å². The van der Waals surface area contributed by atoms with Crippen LogP contribution < -0.4 is 10.1 Å². The molecule has 0 aliphatic heterocycles. The Labute approximate surface area is 136 Å². The largest absolute Gasteiger partial charge is 0.573 e. The number of hydrogen-bond donors (Lipinski definition) is 1. The highest BCUT2D eigenvalue weighted by Gasteiger charge is 2.31. The van der Waals surface area contributed by atoms with Crippen molar-refractivity contribution in [1.29, 1.82) is 0 Å². The SMILES string of the molecule is FC(F)(F)Oc1ccc(CNc2cccc(Br)c2)cc1Br. The Morgan fingerprint density at radius 3 is 2.43 bits per heavy atom. The molecule has 0 spiro atoms. The van der Waals surface area contributed by atoms with Crippen molar-refractivity contribution in [2.45, 2.75) is 12.9 Å². The van der Waals surface area contributed by atoms with E-state index in [1.807, 2.05) is 24.3 Å². The Morgan fingerprint density at radius 2 is 1.81 bits per heavy atom. The first kappa shape index (κ1) is 16.2. The van der Waals surface area contributed by atoms with E-state index in [0.29, 0.717) is 6.54 Å². The Bertz CT molecular complexity index is 632. The Morgan fingerprint density at radius 1 is 1.05 bits per heavy atom. The second-order valence-electron chi connectivity index (χ2n) is 4.18. The minimum Gasteiger partial charge on any atom is -0.405 e. The third-order valence-electron chi connectivity index (χ3n) is 2.54. The molecule has 7 heteroatoms. The molecule has 0 fully saturated rings. The predicted molar refractivity (Wildman–Crippen MR) is 82.3 cm³/mol. The van der Waals surface area contributed by atoms with Gasteiger partial charge in [-0.15, -0.1) is 13.2 Å². The zero-order valence-electron chi connectivity index (χ0n) is 10.5. The van der Waals surface area contributed by atoms with Crippen molar-refractivity contribution < 1.29 is 17.9 Å². The number of nitrogens with one attached hydrogen (secondary N) is 1. The fraction of sp³-hybridized carbons (Fsp3) is 0.143. The molecule has 21 heavy (non-hydrogen) atoms. The number of benzene rings is 2. The monoisotopic (exact) mass is 423 g/mol. The van der Waals surface area contributed by atoms with E-state index in [1.165, 1.54) is 6.07 Å². The van der Waals surface area contributed by atoms with Gasteiger partial charge in [0, 0.05) is 16.7 Å². The third kappa shape index (κ3) is 5.24. The van der Waals surface area contributed by atoms with Gasteiger partial charge in [-0.1, -0.05) is 28.1 Å². The van der Waals surface area contributed by atoms with Crippen LogP contribution in [-0.2, 0) is 6.54 Å². The number of hydrogen-bond acceptors (Lipinski definition) is 2. The Balaban J connectivity index is 2.03. The molecule has 112 valence electrons. The van der Waals surface area contributed by atoms with E-state index in [9.17, 15) is 13.2 Å². The average Bonchev–Trinajstić information content (AvgIpc) is 2.38. The molecule has 0 aliphatic rings. The maximum absolute atomic E-state index is 12.2. The summed E-state index contributed by atoms with van der Waals surface area (Å²) in [6, 6.07) is 12.1. The van der Waals surface area contributed by atoms with E-state index < -0.39 is 6.36 Å². The van der Waals surface area contributed by atoms with Crippen LogP contribution in [0.3, 0.4) is 0 Å². The number of halogens is 5. The lowest BCUT2D eigenvalue weighted by Gasteiger charge is -2.12. The molecule has 2 aromatic carbocycles. The Hall–Kier alpha value is -1.21. The van der Waals surface area contributed by atoms with Crippen LogP contribution in [0.15, 0.2) is 51.4 Å². The van der Waals surface area contributed by atoms with Crippen molar-refractivity contribution in [3.63, 3.8) is 0 Å². The molecule has 0 unspecified atom stereocenters. The summed E-state index contributed by atoms with van der Waals surface area (Å²) in [5.41, 5.74) is 1.74. The summed E-state index contributed by atoms with van der Waals surface area (Å²) in [5, 5.41) is 3.18. The molecule has 2 aromatic rings. The smallest absolute Gasteiger partial charge is 0.405 e. The molecule has 0 saturated carbocycles. The second kappa shape index (κ2) is 6.70. The van der Waals surface area contributed by atoms with Gasteiger partial charge in [-0.25, -0.2) is 0 Å². The van der Waals surface area contributed by atoms with Crippen molar-refractivity contribution in [3.05, 3.63) is 57.0 Å². The molecule has 0 radical (unpaired) electrons. The first-order valence-electron chi connectivity index (χ1n) is 5.87. The zero-order chi connectivity index (χ0) is 15.5. The predicted octanol–water partition coefficient (Wildman–Crippen LogP) is 5.72. The van der Waals surface area contributed by atoms with Gasteiger partial charge in [0.05, 0.1) is 4.47 Å². The van der Waals surface area contributed by atoms with Crippen molar-refractivity contribution in [2.75, 3.05) is 5.32 Å². The first-order chi connectivity index (χ1) is 9.83. The van der Waals surface area contributed by atoms with Gasteiger partial charge < -0.3 is 10.1 Å². The number of ether oxygens (including phenoxy) is 1. The van der Waals surface area contributed by atoms with Crippen molar-refractivity contribution in [3.8, 4) is 5.75 Å². The third-order valence-corrected chi connectivity index (χ3v) is 3.66. The minimum atomic E-state index is -4.70. The van der Waals surface area contributed by atoms with Gasteiger partial charge in [0.2, 0.25) is 0 Å². The summed E-state index contributed by atoms with van der Waals surface area (Å²) in [6.45, 7) is 0.487. The first-order valence-corrected chi connectivity index (χ1v) is 7.46. The fourth-order valence-electron chi connectivity index (χ4n) is 1.66. The average molecular weight is 425 g/mol. The van der Waals surface area contributed by atoms with Crippen LogP contribution >= 0.6 is 31.9 Å². The molecule has 0 bridgehead atoms. The van der Waals surface area contributed by atoms with Crippen LogP contribution in [0, 0.1) is 0 Å². The summed E-state index contributed by atoms with van der Waals surface area (Å²) >= 11 is 6.44. The fourth-order valence-corrected chi connectivity index (χ4v) is 2.57. The van der Waals surface area contributed by atoms with E-state index in [0.717, 1.165) is 15.7 Å². The van der Waals surface area contributed by atoms with Crippen LogP contribution in [0.5, 0.6) is 5.75 Å². The van der Waals surface area contributed by atoms with E-state index in [4.69, 9.17) is 0 Å². The van der Waals surface area contributed by atoms with Crippen LogP contribution in [0.25, 0.3) is 0 Å². The number of anilines is 1. The zero-order valence-corrected chi connectivity index (χ0v) is 13.7. The lowest BCUT2D eigenvalue weighted by atomic mass is 10.2. The lowest BCUT2D eigenvalue weighted by Crippen LogP contribution is -2.17. The normalized spacial score (nSPS) is 11.3. The topological polar surface area (TPSA) is 21.3 Å². The molecular weight excluding hydrogens is 415 g/mol. The quantitative estimate of drug-likeness (QED) is 0.677. The molecule has 2 nitrogen and oxygen atoms in total. The van der Waals surface area contributed by atoms with Gasteiger partial charge in [-0.3, -0.25) is 0 Å². The van der Waals surface area contributed by atoms with Crippen molar-refractivity contribution >= 4 is 37.5 Å². The number of rotatable bonds is 4. The maximum atomic E-state index is 12.2. The Kier molecular flexibility index (Phi) is 5.16. The lowest BCUT2D eigenvalue weighted by molar-refractivity contribution is -0.274. The second-order valence-corrected chi connectivity index (χ2v) is 5.95. The molecule has 0 saturated heterocycles. The summed E-state index contributed by atoms with van der Waals surface area (Å²) in [6.07, 6.45) is -4.70. The highest BCUT2D eigenvalue weighted by atomic mass is 79.9. The van der Waals surface area contributed by atoms with Crippen LogP contribution in [-0.4, -0.2) is 6.36 Å².